The van der Waals surface area contributed by atoms with Crippen LogP contribution in [0.4, 0.5) is 0 Å². The van der Waals surface area contributed by atoms with Crippen LogP contribution < -0.4 is 10.2 Å². The third-order valence-electron chi connectivity index (χ3n) is 2.62. The SMILES string of the molecule is C/C(=N\NC(=O)COc1ccc(C)cc1)c1ccco1. The highest BCUT2D eigenvalue weighted by molar-refractivity contribution is 5.96. The molecule has 0 unspecified atom stereocenters. The number of rotatable bonds is 5. The lowest BCUT2D eigenvalue weighted by molar-refractivity contribution is -0.123. The van der Waals surface area contributed by atoms with E-state index < -0.39 is 0 Å². The second kappa shape index (κ2) is 6.56. The number of hydrogen-bond acceptors (Lipinski definition) is 4. The minimum Gasteiger partial charge on any atom is -0.484 e. The summed E-state index contributed by atoms with van der Waals surface area (Å²) in [5.41, 5.74) is 4.15. The van der Waals surface area contributed by atoms with Gasteiger partial charge in [-0.05, 0) is 38.1 Å². The van der Waals surface area contributed by atoms with Gasteiger partial charge in [0.25, 0.3) is 5.91 Å². The summed E-state index contributed by atoms with van der Waals surface area (Å²) in [6, 6.07) is 11.0. The normalized spacial score (nSPS) is 11.2. The van der Waals surface area contributed by atoms with Gasteiger partial charge >= 0.3 is 0 Å². The summed E-state index contributed by atoms with van der Waals surface area (Å²) < 4.78 is 10.5. The molecule has 0 radical (unpaired) electrons. The first-order chi connectivity index (χ1) is 9.65. The van der Waals surface area contributed by atoms with Gasteiger partial charge in [-0.25, -0.2) is 5.43 Å². The maximum atomic E-state index is 11.6. The first-order valence-electron chi connectivity index (χ1n) is 6.21. The summed E-state index contributed by atoms with van der Waals surface area (Å²) in [6.45, 7) is 3.65. The Morgan fingerprint density at radius 2 is 2.05 bits per heavy atom. The van der Waals surface area contributed by atoms with Crippen molar-refractivity contribution >= 4 is 11.6 Å². The van der Waals surface area contributed by atoms with Crippen molar-refractivity contribution in [2.45, 2.75) is 13.8 Å². The molecule has 0 aliphatic heterocycles. The second-order valence-corrected chi connectivity index (χ2v) is 4.31. The number of nitrogens with one attached hydrogen (secondary N) is 1. The zero-order valence-electron chi connectivity index (χ0n) is 11.4. The molecule has 2 aromatic rings. The van der Waals surface area contributed by atoms with Crippen LogP contribution in [-0.2, 0) is 4.79 Å². The molecule has 0 bridgehead atoms. The van der Waals surface area contributed by atoms with Crippen LogP contribution >= 0.6 is 0 Å². The third-order valence-corrected chi connectivity index (χ3v) is 2.62. The van der Waals surface area contributed by atoms with Crippen LogP contribution in [0.1, 0.15) is 18.2 Å². The van der Waals surface area contributed by atoms with Crippen molar-refractivity contribution < 1.29 is 13.9 Å². The Morgan fingerprint density at radius 1 is 1.30 bits per heavy atom. The molecule has 20 heavy (non-hydrogen) atoms. The van der Waals surface area contributed by atoms with Gasteiger partial charge in [-0.15, -0.1) is 0 Å². The van der Waals surface area contributed by atoms with Crippen LogP contribution in [0.25, 0.3) is 0 Å². The smallest absolute Gasteiger partial charge is 0.277 e. The quantitative estimate of drug-likeness (QED) is 0.672. The Balaban J connectivity index is 1.81. The van der Waals surface area contributed by atoms with Crippen molar-refractivity contribution in [1.82, 2.24) is 5.43 Å². The molecular weight excluding hydrogens is 256 g/mol. The van der Waals surface area contributed by atoms with Crippen molar-refractivity contribution in [1.29, 1.82) is 0 Å². The van der Waals surface area contributed by atoms with E-state index in [0.717, 1.165) is 5.56 Å². The average molecular weight is 272 g/mol. The molecule has 0 fully saturated rings. The van der Waals surface area contributed by atoms with Gasteiger partial charge in [-0.2, -0.15) is 5.10 Å². The molecule has 0 saturated heterocycles. The average Bonchev–Trinajstić information content (AvgIpc) is 2.98. The fraction of sp³-hybridized carbons (Fsp3) is 0.200. The lowest BCUT2D eigenvalue weighted by Gasteiger charge is -2.05. The number of benzene rings is 1. The van der Waals surface area contributed by atoms with E-state index >= 15 is 0 Å². The molecule has 1 amide bonds. The zero-order valence-corrected chi connectivity index (χ0v) is 11.4. The van der Waals surface area contributed by atoms with E-state index in [1.165, 1.54) is 0 Å². The molecule has 5 heteroatoms. The largest absolute Gasteiger partial charge is 0.484 e. The van der Waals surface area contributed by atoms with Gasteiger partial charge in [0.1, 0.15) is 17.2 Å². The standard InChI is InChI=1S/C15H16N2O3/c1-11-5-7-13(8-6-11)20-10-15(18)17-16-12(2)14-4-3-9-19-14/h3-9H,10H2,1-2H3,(H,17,18)/b16-12+. The molecule has 104 valence electrons. The molecule has 0 aliphatic rings. The van der Waals surface area contributed by atoms with E-state index in [9.17, 15) is 4.79 Å². The fourth-order valence-corrected chi connectivity index (χ4v) is 1.50. The number of aryl methyl sites for hydroxylation is 1. The summed E-state index contributed by atoms with van der Waals surface area (Å²) >= 11 is 0. The van der Waals surface area contributed by atoms with E-state index in [4.69, 9.17) is 9.15 Å². The van der Waals surface area contributed by atoms with Crippen LogP contribution in [0.2, 0.25) is 0 Å². The molecule has 0 saturated carbocycles. The Kier molecular flexibility index (Phi) is 4.55. The molecule has 0 atom stereocenters. The van der Waals surface area contributed by atoms with Gasteiger partial charge < -0.3 is 9.15 Å². The predicted molar refractivity (Wildman–Crippen MR) is 75.7 cm³/mol. The molecule has 1 heterocycles. The lowest BCUT2D eigenvalue weighted by Crippen LogP contribution is -2.25. The van der Waals surface area contributed by atoms with E-state index in [0.29, 0.717) is 17.2 Å². The monoisotopic (exact) mass is 272 g/mol. The highest BCUT2D eigenvalue weighted by atomic mass is 16.5. The molecule has 1 aromatic heterocycles. The predicted octanol–water partition coefficient (Wildman–Crippen LogP) is 2.51. The van der Waals surface area contributed by atoms with Gasteiger partial charge in [0, 0.05) is 0 Å². The summed E-state index contributed by atoms with van der Waals surface area (Å²) in [5, 5.41) is 3.94. The Bertz CT molecular complexity index is 586. The van der Waals surface area contributed by atoms with Gasteiger partial charge in [-0.1, -0.05) is 17.7 Å². The van der Waals surface area contributed by atoms with Gasteiger partial charge in [0.05, 0.1) is 6.26 Å². The molecule has 0 aliphatic carbocycles. The second-order valence-electron chi connectivity index (χ2n) is 4.31. The van der Waals surface area contributed by atoms with Crippen molar-refractivity contribution in [3.05, 3.63) is 54.0 Å². The fourth-order valence-electron chi connectivity index (χ4n) is 1.50. The molecule has 1 aromatic carbocycles. The lowest BCUT2D eigenvalue weighted by atomic mass is 10.2. The van der Waals surface area contributed by atoms with Crippen LogP contribution in [0.3, 0.4) is 0 Å². The van der Waals surface area contributed by atoms with Gasteiger partial charge in [0.15, 0.2) is 6.61 Å². The van der Waals surface area contributed by atoms with E-state index in [2.05, 4.69) is 10.5 Å². The van der Waals surface area contributed by atoms with Crippen LogP contribution in [0.15, 0.2) is 52.2 Å². The number of nitrogens with zero attached hydrogens (tertiary/aromatic N) is 1. The van der Waals surface area contributed by atoms with Gasteiger partial charge in [-0.3, -0.25) is 4.79 Å². The Hall–Kier alpha value is -2.56. The minimum absolute atomic E-state index is 0.0853. The zero-order chi connectivity index (χ0) is 14.4. The maximum absolute atomic E-state index is 11.6. The summed E-state index contributed by atoms with van der Waals surface area (Å²) in [7, 11) is 0. The summed E-state index contributed by atoms with van der Waals surface area (Å²) in [4.78, 5) is 11.6. The summed E-state index contributed by atoms with van der Waals surface area (Å²) in [6.07, 6.45) is 1.55. The molecule has 1 N–H and O–H groups in total. The number of ether oxygens (including phenoxy) is 1. The number of carbonyl (C=O) groups excluding carboxylic acids is 1. The number of carbonyl (C=O) groups is 1. The Labute approximate surface area is 117 Å². The van der Waals surface area contributed by atoms with Gasteiger partial charge in [0.2, 0.25) is 0 Å². The number of hydrazone groups is 1. The number of hydrogen-bond donors (Lipinski definition) is 1. The van der Waals surface area contributed by atoms with Crippen molar-refractivity contribution in [3.8, 4) is 5.75 Å². The Morgan fingerprint density at radius 3 is 2.70 bits per heavy atom. The molecule has 0 spiro atoms. The molecule has 5 nitrogen and oxygen atoms in total. The summed E-state index contributed by atoms with van der Waals surface area (Å²) in [5.74, 6) is 0.943. The minimum atomic E-state index is -0.323. The van der Waals surface area contributed by atoms with Crippen LogP contribution in [0, 0.1) is 6.92 Å². The first kappa shape index (κ1) is 13.9. The van der Waals surface area contributed by atoms with E-state index in [1.807, 2.05) is 31.2 Å². The number of amides is 1. The highest BCUT2D eigenvalue weighted by Crippen LogP contribution is 2.10. The molecule has 2 rings (SSSR count). The van der Waals surface area contributed by atoms with E-state index in [-0.39, 0.29) is 12.5 Å². The van der Waals surface area contributed by atoms with Crippen LogP contribution in [-0.4, -0.2) is 18.2 Å². The first-order valence-corrected chi connectivity index (χ1v) is 6.21. The van der Waals surface area contributed by atoms with Crippen molar-refractivity contribution in [3.63, 3.8) is 0 Å². The van der Waals surface area contributed by atoms with E-state index in [1.54, 1.807) is 25.3 Å². The maximum Gasteiger partial charge on any atom is 0.277 e. The highest BCUT2D eigenvalue weighted by Gasteiger charge is 2.04. The van der Waals surface area contributed by atoms with Crippen molar-refractivity contribution in [2.24, 2.45) is 5.10 Å². The molecular formula is C15H16N2O3. The van der Waals surface area contributed by atoms with Crippen LogP contribution in [0.5, 0.6) is 5.75 Å². The third kappa shape index (κ3) is 3.98. The topological polar surface area (TPSA) is 63.8 Å². The number of furan rings is 1. The van der Waals surface area contributed by atoms with Crippen molar-refractivity contribution in [2.75, 3.05) is 6.61 Å².